The molecule has 0 aliphatic heterocycles. The van der Waals surface area contributed by atoms with Gasteiger partial charge in [-0.2, -0.15) is 0 Å². The predicted molar refractivity (Wildman–Crippen MR) is 48.2 cm³/mol. The van der Waals surface area contributed by atoms with E-state index in [1.807, 2.05) is 0 Å². The molecule has 13 heavy (non-hydrogen) atoms. The Labute approximate surface area is 75.9 Å². The lowest BCUT2D eigenvalue weighted by atomic mass is 10.1. The van der Waals surface area contributed by atoms with Crippen molar-refractivity contribution < 1.29 is 5.11 Å². The summed E-state index contributed by atoms with van der Waals surface area (Å²) in [6.07, 6.45) is 5.12. The quantitative estimate of drug-likeness (QED) is 0.705. The van der Waals surface area contributed by atoms with Crippen LogP contribution < -0.4 is 0 Å². The monoisotopic (exact) mass is 177 g/mol. The van der Waals surface area contributed by atoms with E-state index in [1.165, 1.54) is 0 Å². The summed E-state index contributed by atoms with van der Waals surface area (Å²) in [6, 6.07) is 1.80. The average Bonchev–Trinajstić information content (AvgIpc) is 2.45. The summed E-state index contributed by atoms with van der Waals surface area (Å²) in [7, 11) is 0. The van der Waals surface area contributed by atoms with Gasteiger partial charge in [0, 0.05) is 12.4 Å². The van der Waals surface area contributed by atoms with Crippen LogP contribution in [0.5, 0.6) is 0 Å². The molecular formula is C9H11N3O. The van der Waals surface area contributed by atoms with Gasteiger partial charge in [0.1, 0.15) is 17.6 Å². The molecule has 2 heterocycles. The van der Waals surface area contributed by atoms with Crippen molar-refractivity contribution in [1.82, 2.24) is 14.4 Å². The molecule has 0 radical (unpaired) electrons. The molecule has 0 atom stereocenters. The van der Waals surface area contributed by atoms with Crippen molar-refractivity contribution in [3.8, 4) is 0 Å². The van der Waals surface area contributed by atoms with Gasteiger partial charge in [0.2, 0.25) is 0 Å². The standard InChI is InChI=1S/C9H11N3O/c1-9(2,13)7-5-12-6-10-4-3-8(12)11-7/h3-6,13H,1-2H3. The molecular weight excluding hydrogens is 166 g/mol. The molecule has 0 saturated heterocycles. The van der Waals surface area contributed by atoms with E-state index in [1.54, 1.807) is 43.0 Å². The minimum absolute atomic E-state index is 0.653. The molecule has 0 amide bonds. The van der Waals surface area contributed by atoms with E-state index in [2.05, 4.69) is 9.97 Å². The third-order valence-electron chi connectivity index (χ3n) is 1.89. The Morgan fingerprint density at radius 2 is 2.23 bits per heavy atom. The molecule has 4 heteroatoms. The zero-order chi connectivity index (χ0) is 9.47. The number of rotatable bonds is 1. The second-order valence-electron chi connectivity index (χ2n) is 3.53. The van der Waals surface area contributed by atoms with Crippen LogP contribution in [0.15, 0.2) is 24.8 Å². The number of imidazole rings is 1. The maximum Gasteiger partial charge on any atom is 0.139 e. The van der Waals surface area contributed by atoms with Crippen LogP contribution in [0.4, 0.5) is 0 Å². The number of hydrogen-bond donors (Lipinski definition) is 1. The van der Waals surface area contributed by atoms with Crippen molar-refractivity contribution in [2.24, 2.45) is 0 Å². The number of nitrogens with zero attached hydrogens (tertiary/aromatic N) is 3. The van der Waals surface area contributed by atoms with Crippen LogP contribution in [0.25, 0.3) is 5.65 Å². The van der Waals surface area contributed by atoms with Gasteiger partial charge in [0.25, 0.3) is 0 Å². The van der Waals surface area contributed by atoms with Gasteiger partial charge < -0.3 is 5.11 Å². The highest BCUT2D eigenvalue weighted by atomic mass is 16.3. The van der Waals surface area contributed by atoms with E-state index < -0.39 is 5.60 Å². The average molecular weight is 177 g/mol. The predicted octanol–water partition coefficient (Wildman–Crippen LogP) is 0.957. The van der Waals surface area contributed by atoms with Gasteiger partial charge in [0.15, 0.2) is 0 Å². The van der Waals surface area contributed by atoms with Crippen LogP contribution in [0.1, 0.15) is 19.5 Å². The van der Waals surface area contributed by atoms with Crippen molar-refractivity contribution in [2.45, 2.75) is 19.4 Å². The Bertz CT molecular complexity index is 395. The highest BCUT2D eigenvalue weighted by Crippen LogP contribution is 2.18. The summed E-state index contributed by atoms with van der Waals surface area (Å²) >= 11 is 0. The van der Waals surface area contributed by atoms with E-state index in [9.17, 15) is 5.11 Å². The maximum atomic E-state index is 9.69. The second kappa shape index (κ2) is 2.53. The summed E-state index contributed by atoms with van der Waals surface area (Å²) in [5.41, 5.74) is 0.555. The molecule has 68 valence electrons. The lowest BCUT2D eigenvalue weighted by Gasteiger charge is -2.12. The first kappa shape index (κ1) is 8.19. The van der Waals surface area contributed by atoms with Gasteiger partial charge >= 0.3 is 0 Å². The second-order valence-corrected chi connectivity index (χ2v) is 3.53. The molecule has 0 aliphatic carbocycles. The fourth-order valence-electron chi connectivity index (χ4n) is 1.14. The highest BCUT2D eigenvalue weighted by Gasteiger charge is 2.19. The first-order valence-corrected chi connectivity index (χ1v) is 4.09. The fourth-order valence-corrected chi connectivity index (χ4v) is 1.14. The lowest BCUT2D eigenvalue weighted by molar-refractivity contribution is 0.0744. The smallest absolute Gasteiger partial charge is 0.139 e. The fraction of sp³-hybridized carbons (Fsp3) is 0.333. The van der Waals surface area contributed by atoms with E-state index >= 15 is 0 Å². The van der Waals surface area contributed by atoms with Crippen LogP contribution in [-0.4, -0.2) is 19.5 Å². The zero-order valence-corrected chi connectivity index (χ0v) is 7.60. The molecule has 0 spiro atoms. The molecule has 0 unspecified atom stereocenters. The van der Waals surface area contributed by atoms with E-state index in [0.29, 0.717) is 5.69 Å². The van der Waals surface area contributed by atoms with Gasteiger partial charge in [0.05, 0.1) is 5.69 Å². The molecule has 0 aromatic carbocycles. The van der Waals surface area contributed by atoms with Crippen molar-refractivity contribution >= 4 is 5.65 Å². The summed E-state index contributed by atoms with van der Waals surface area (Å²) in [5.74, 6) is 0. The first-order chi connectivity index (χ1) is 6.07. The normalized spacial score (nSPS) is 12.2. The molecule has 2 rings (SSSR count). The molecule has 1 N–H and O–H groups in total. The maximum absolute atomic E-state index is 9.69. The largest absolute Gasteiger partial charge is 0.384 e. The van der Waals surface area contributed by atoms with E-state index in [4.69, 9.17) is 0 Å². The van der Waals surface area contributed by atoms with Crippen molar-refractivity contribution in [3.05, 3.63) is 30.5 Å². The third-order valence-corrected chi connectivity index (χ3v) is 1.89. The third kappa shape index (κ3) is 1.40. The Morgan fingerprint density at radius 3 is 2.85 bits per heavy atom. The van der Waals surface area contributed by atoms with Gasteiger partial charge in [-0.3, -0.25) is 4.40 Å². The summed E-state index contributed by atoms with van der Waals surface area (Å²) in [6.45, 7) is 3.42. The minimum Gasteiger partial charge on any atom is -0.384 e. The van der Waals surface area contributed by atoms with Crippen molar-refractivity contribution in [3.63, 3.8) is 0 Å². The Balaban J connectivity index is 2.63. The summed E-state index contributed by atoms with van der Waals surface area (Å²) in [5, 5.41) is 9.69. The number of aromatic nitrogens is 3. The Morgan fingerprint density at radius 1 is 1.46 bits per heavy atom. The van der Waals surface area contributed by atoms with Crippen molar-refractivity contribution in [2.75, 3.05) is 0 Å². The minimum atomic E-state index is -0.897. The molecule has 0 saturated carbocycles. The number of aliphatic hydroxyl groups is 1. The Hall–Kier alpha value is -1.42. The molecule has 4 nitrogen and oxygen atoms in total. The highest BCUT2D eigenvalue weighted by molar-refractivity contribution is 5.38. The molecule has 2 aromatic heterocycles. The van der Waals surface area contributed by atoms with Crippen molar-refractivity contribution in [1.29, 1.82) is 0 Å². The zero-order valence-electron chi connectivity index (χ0n) is 7.60. The van der Waals surface area contributed by atoms with Gasteiger partial charge in [-0.1, -0.05) is 0 Å². The SMILES string of the molecule is CC(C)(O)c1cn2cnccc2n1. The molecule has 0 aliphatic rings. The number of hydrogen-bond acceptors (Lipinski definition) is 3. The van der Waals surface area contributed by atoms with E-state index in [0.717, 1.165) is 5.65 Å². The van der Waals surface area contributed by atoms with Crippen LogP contribution in [0.3, 0.4) is 0 Å². The van der Waals surface area contributed by atoms with Gasteiger partial charge in [-0.25, -0.2) is 9.97 Å². The molecule has 0 fully saturated rings. The molecule has 2 aromatic rings. The van der Waals surface area contributed by atoms with Gasteiger partial charge in [-0.05, 0) is 19.9 Å². The number of fused-ring (bicyclic) bond motifs is 1. The molecule has 0 bridgehead atoms. The van der Waals surface area contributed by atoms with Crippen LogP contribution >= 0.6 is 0 Å². The van der Waals surface area contributed by atoms with Crippen LogP contribution in [-0.2, 0) is 5.60 Å². The lowest BCUT2D eigenvalue weighted by Crippen LogP contribution is -2.15. The Kier molecular flexibility index (Phi) is 1.60. The summed E-state index contributed by atoms with van der Waals surface area (Å²) < 4.78 is 1.79. The van der Waals surface area contributed by atoms with Crippen LogP contribution in [0, 0.1) is 0 Å². The topological polar surface area (TPSA) is 50.4 Å². The van der Waals surface area contributed by atoms with E-state index in [-0.39, 0.29) is 0 Å². The first-order valence-electron chi connectivity index (χ1n) is 4.09. The summed E-state index contributed by atoms with van der Waals surface area (Å²) in [4.78, 5) is 8.21. The van der Waals surface area contributed by atoms with Crippen LogP contribution in [0.2, 0.25) is 0 Å². The van der Waals surface area contributed by atoms with Gasteiger partial charge in [-0.15, -0.1) is 0 Å².